The molecule has 0 bridgehead atoms. The zero-order chi connectivity index (χ0) is 26.2. The fourth-order valence-electron chi connectivity index (χ4n) is 3.93. The molecule has 2 aromatic heterocycles. The number of nitrogens with zero attached hydrogens (tertiary/aromatic N) is 3. The average Bonchev–Trinajstić information content (AvgIpc) is 2.84. The summed E-state index contributed by atoms with van der Waals surface area (Å²) in [4.78, 5) is 42.1. The maximum atomic E-state index is 13.6. The molecular weight excluding hydrogens is 486 g/mol. The van der Waals surface area contributed by atoms with Crippen molar-refractivity contribution in [1.29, 1.82) is 0 Å². The van der Waals surface area contributed by atoms with Crippen molar-refractivity contribution < 1.29 is 22.9 Å². The number of nitro benzene ring substituents is 1. The van der Waals surface area contributed by atoms with Crippen LogP contribution in [0.15, 0.2) is 70.4 Å². The maximum Gasteiger partial charge on any atom is 0.355 e. The van der Waals surface area contributed by atoms with Crippen molar-refractivity contribution in [3.63, 3.8) is 0 Å². The van der Waals surface area contributed by atoms with Gasteiger partial charge in [0.05, 0.1) is 28.0 Å². The Morgan fingerprint density at radius 3 is 2.42 bits per heavy atom. The van der Waals surface area contributed by atoms with Crippen LogP contribution in [0.1, 0.15) is 27.3 Å². The van der Waals surface area contributed by atoms with Gasteiger partial charge in [0, 0.05) is 36.1 Å². The molecule has 0 unspecified atom stereocenters. The van der Waals surface area contributed by atoms with Crippen molar-refractivity contribution >= 4 is 32.5 Å². The molecule has 0 fully saturated rings. The quantitative estimate of drug-likeness (QED) is 0.220. The summed E-state index contributed by atoms with van der Waals surface area (Å²) in [6.07, 6.45) is 1.07. The predicted molar refractivity (Wildman–Crippen MR) is 132 cm³/mol. The maximum absolute atomic E-state index is 13.6. The first-order valence-electron chi connectivity index (χ1n) is 10.7. The lowest BCUT2D eigenvalue weighted by molar-refractivity contribution is -0.384. The van der Waals surface area contributed by atoms with Crippen LogP contribution in [0.5, 0.6) is 0 Å². The van der Waals surface area contributed by atoms with Gasteiger partial charge in [-0.1, -0.05) is 18.2 Å². The number of ether oxygens (including phenoxy) is 1. The molecule has 0 spiro atoms. The molecule has 10 nitrogen and oxygen atoms in total. The molecule has 0 radical (unpaired) electrons. The molecule has 2 heterocycles. The minimum Gasteiger partial charge on any atom is -0.464 e. The highest BCUT2D eigenvalue weighted by Crippen LogP contribution is 2.26. The van der Waals surface area contributed by atoms with Crippen LogP contribution in [0.3, 0.4) is 0 Å². The van der Waals surface area contributed by atoms with Gasteiger partial charge in [0.1, 0.15) is 11.3 Å². The van der Waals surface area contributed by atoms with Crippen LogP contribution in [-0.2, 0) is 21.0 Å². The number of sulfone groups is 1. The molecule has 36 heavy (non-hydrogen) atoms. The van der Waals surface area contributed by atoms with E-state index >= 15 is 0 Å². The van der Waals surface area contributed by atoms with Gasteiger partial charge in [-0.05, 0) is 42.8 Å². The van der Waals surface area contributed by atoms with E-state index in [-0.39, 0.29) is 45.0 Å². The van der Waals surface area contributed by atoms with Crippen LogP contribution in [0, 0.1) is 17.0 Å². The van der Waals surface area contributed by atoms with Crippen LogP contribution in [0.25, 0.3) is 16.7 Å². The summed E-state index contributed by atoms with van der Waals surface area (Å²) >= 11 is 0. The van der Waals surface area contributed by atoms with Crippen LogP contribution < -0.4 is 5.43 Å². The summed E-state index contributed by atoms with van der Waals surface area (Å²) in [7, 11) is -2.25. The average molecular weight is 508 g/mol. The van der Waals surface area contributed by atoms with Crippen LogP contribution >= 0.6 is 0 Å². The minimum absolute atomic E-state index is 0.0218. The van der Waals surface area contributed by atoms with Crippen molar-refractivity contribution in [1.82, 2.24) is 9.55 Å². The molecule has 0 saturated carbocycles. The first-order chi connectivity index (χ1) is 17.0. The highest BCUT2D eigenvalue weighted by molar-refractivity contribution is 7.90. The Kier molecular flexibility index (Phi) is 6.42. The van der Waals surface area contributed by atoms with E-state index in [1.54, 1.807) is 37.3 Å². The molecule has 2 aromatic carbocycles. The van der Waals surface area contributed by atoms with Gasteiger partial charge in [-0.3, -0.25) is 19.5 Å². The van der Waals surface area contributed by atoms with E-state index in [9.17, 15) is 28.1 Å². The summed E-state index contributed by atoms with van der Waals surface area (Å²) in [6, 6.07) is 14.9. The molecule has 0 N–H and O–H groups in total. The van der Waals surface area contributed by atoms with E-state index in [2.05, 4.69) is 4.98 Å². The number of carbonyl (C=O) groups excluding carboxylic acids is 1. The molecule has 4 aromatic rings. The lowest BCUT2D eigenvalue weighted by atomic mass is 10.00. The van der Waals surface area contributed by atoms with Crippen molar-refractivity contribution in [3.05, 3.63) is 104 Å². The van der Waals surface area contributed by atoms with Crippen molar-refractivity contribution in [2.75, 3.05) is 13.4 Å². The molecule has 0 aliphatic heterocycles. The van der Waals surface area contributed by atoms with E-state index in [0.29, 0.717) is 11.3 Å². The first kappa shape index (κ1) is 24.7. The Labute approximate surface area is 205 Å². The van der Waals surface area contributed by atoms with Crippen molar-refractivity contribution in [3.8, 4) is 5.69 Å². The normalized spacial score (nSPS) is 11.4. The fraction of sp³-hybridized carbons (Fsp3) is 0.160. The SMILES string of the molecule is COC(=O)c1c(Cc2ccc(S(C)(=O)=O)cc2)c(=O)c2ccc(C)nc2n1-c1cccc([N+](=O)[O-])c1. The summed E-state index contributed by atoms with van der Waals surface area (Å²) in [6.45, 7) is 1.72. The van der Waals surface area contributed by atoms with Gasteiger partial charge in [-0.25, -0.2) is 18.2 Å². The third-order valence-corrected chi connectivity index (χ3v) is 6.79. The third kappa shape index (κ3) is 4.60. The van der Waals surface area contributed by atoms with Gasteiger partial charge in [0.25, 0.3) is 5.69 Å². The fourth-order valence-corrected chi connectivity index (χ4v) is 4.56. The number of rotatable bonds is 6. The Hall–Kier alpha value is -4.38. The first-order valence-corrected chi connectivity index (χ1v) is 12.6. The Balaban J connectivity index is 2.06. The van der Waals surface area contributed by atoms with Crippen LogP contribution in [-0.4, -0.2) is 42.2 Å². The number of carbonyl (C=O) groups is 1. The third-order valence-electron chi connectivity index (χ3n) is 5.66. The van der Waals surface area contributed by atoms with Crippen LogP contribution in [0.2, 0.25) is 0 Å². The zero-order valence-electron chi connectivity index (χ0n) is 19.6. The molecule has 0 aliphatic carbocycles. The number of non-ortho nitro benzene ring substituents is 1. The highest BCUT2D eigenvalue weighted by Gasteiger charge is 2.26. The largest absolute Gasteiger partial charge is 0.464 e. The molecule has 11 heteroatoms. The summed E-state index contributed by atoms with van der Waals surface area (Å²) in [5.74, 6) is -0.827. The summed E-state index contributed by atoms with van der Waals surface area (Å²) in [5.41, 5.74) is 0.848. The number of hydrogen-bond acceptors (Lipinski definition) is 8. The monoisotopic (exact) mass is 507 g/mol. The number of esters is 1. The van der Waals surface area contributed by atoms with Gasteiger partial charge >= 0.3 is 5.97 Å². The zero-order valence-corrected chi connectivity index (χ0v) is 20.4. The topological polar surface area (TPSA) is 138 Å². The smallest absolute Gasteiger partial charge is 0.355 e. The van der Waals surface area contributed by atoms with Gasteiger partial charge in [0.15, 0.2) is 15.3 Å². The van der Waals surface area contributed by atoms with Crippen LogP contribution in [0.4, 0.5) is 5.69 Å². The van der Waals surface area contributed by atoms with Crippen molar-refractivity contribution in [2.45, 2.75) is 18.2 Å². The Bertz CT molecular complexity index is 1690. The van der Waals surface area contributed by atoms with Gasteiger partial charge in [-0.15, -0.1) is 0 Å². The molecule has 4 rings (SSSR count). The Morgan fingerprint density at radius 2 is 1.81 bits per heavy atom. The number of hydrogen-bond donors (Lipinski definition) is 0. The standard InChI is InChI=1S/C25H21N3O7S/c1-15-7-12-20-23(29)21(13-16-8-10-19(11-9-16)36(3,33)34)22(25(30)35-2)27(24(20)26-15)17-5-4-6-18(14-17)28(31)32/h4-12,14H,13H2,1-3H3. The summed E-state index contributed by atoms with van der Waals surface area (Å²) in [5, 5.41) is 11.6. The lowest BCUT2D eigenvalue weighted by Gasteiger charge is -2.19. The predicted octanol–water partition coefficient (Wildman–Crippen LogP) is 3.38. The number of methoxy groups -OCH3 is 1. The van der Waals surface area contributed by atoms with Gasteiger partial charge < -0.3 is 4.74 Å². The molecule has 0 atom stereocenters. The summed E-state index contributed by atoms with van der Waals surface area (Å²) < 4.78 is 30.0. The number of aryl methyl sites for hydroxylation is 1. The highest BCUT2D eigenvalue weighted by atomic mass is 32.2. The number of nitro groups is 1. The van der Waals surface area contributed by atoms with E-state index in [1.165, 1.54) is 42.0 Å². The molecular formula is C25H21N3O7S. The number of fused-ring (bicyclic) bond motifs is 1. The number of aromatic nitrogens is 2. The minimum atomic E-state index is -3.42. The second-order valence-electron chi connectivity index (χ2n) is 8.18. The number of pyridine rings is 2. The molecule has 0 amide bonds. The van der Waals surface area contributed by atoms with Gasteiger partial charge in [-0.2, -0.15) is 0 Å². The van der Waals surface area contributed by atoms with E-state index in [1.807, 2.05) is 0 Å². The lowest BCUT2D eigenvalue weighted by Crippen LogP contribution is -2.25. The van der Waals surface area contributed by atoms with Crippen molar-refractivity contribution in [2.24, 2.45) is 0 Å². The molecule has 0 aliphatic rings. The van der Waals surface area contributed by atoms with E-state index < -0.39 is 26.2 Å². The molecule has 0 saturated heterocycles. The second-order valence-corrected chi connectivity index (χ2v) is 10.2. The second kappa shape index (κ2) is 9.34. The van der Waals surface area contributed by atoms with E-state index in [0.717, 1.165) is 6.26 Å². The van der Waals surface area contributed by atoms with Gasteiger partial charge in [0.2, 0.25) is 0 Å². The number of benzene rings is 2. The van der Waals surface area contributed by atoms with E-state index in [4.69, 9.17) is 4.74 Å². The molecule has 184 valence electrons. The Morgan fingerprint density at radius 1 is 1.11 bits per heavy atom.